The number of nitrogens with zero attached hydrogens (tertiary/aromatic N) is 1. The number of thioether (sulfide) groups is 1. The molecular weight excluding hydrogens is 224 g/mol. The Morgan fingerprint density at radius 2 is 2.40 bits per heavy atom. The van der Waals surface area contributed by atoms with Crippen molar-refractivity contribution >= 4 is 28.2 Å². The van der Waals surface area contributed by atoms with Crippen LogP contribution in [0, 0.1) is 6.92 Å². The third-order valence-corrected chi connectivity index (χ3v) is 4.89. The zero-order valence-electron chi connectivity index (χ0n) is 9.32. The summed E-state index contributed by atoms with van der Waals surface area (Å²) in [6, 6.07) is 0.641. The molecule has 1 saturated carbocycles. The molecule has 1 aliphatic rings. The molecule has 1 aromatic heterocycles. The summed E-state index contributed by atoms with van der Waals surface area (Å²) >= 11 is 3.73. The molecule has 1 fully saturated rings. The molecule has 15 heavy (non-hydrogen) atoms. The minimum atomic E-state index is 0.641. The summed E-state index contributed by atoms with van der Waals surface area (Å²) in [7, 11) is 0. The largest absolute Gasteiger partial charge is 0.359 e. The maximum atomic E-state index is 4.46. The molecule has 2 unspecified atom stereocenters. The van der Waals surface area contributed by atoms with Crippen LogP contribution >= 0.6 is 23.1 Å². The van der Waals surface area contributed by atoms with Gasteiger partial charge in [-0.1, -0.05) is 6.42 Å². The SMILES string of the molecule is CSC1CCCC(Nc2nc(C)cs2)C1. The van der Waals surface area contributed by atoms with E-state index in [9.17, 15) is 0 Å². The average Bonchev–Trinajstić information content (AvgIpc) is 2.64. The van der Waals surface area contributed by atoms with Crippen LogP contribution in [0.15, 0.2) is 5.38 Å². The molecule has 2 rings (SSSR count). The molecule has 1 aliphatic carbocycles. The fraction of sp³-hybridized carbons (Fsp3) is 0.727. The molecule has 0 aromatic carbocycles. The van der Waals surface area contributed by atoms with Gasteiger partial charge in [0.25, 0.3) is 0 Å². The second kappa shape index (κ2) is 5.21. The third kappa shape index (κ3) is 3.11. The number of nitrogens with one attached hydrogen (secondary N) is 1. The van der Waals surface area contributed by atoms with Crippen molar-refractivity contribution in [2.24, 2.45) is 0 Å². The molecular formula is C11H18N2S2. The molecule has 0 spiro atoms. The first kappa shape index (κ1) is 11.3. The summed E-state index contributed by atoms with van der Waals surface area (Å²) in [4.78, 5) is 4.46. The Bertz CT molecular complexity index is 311. The molecule has 84 valence electrons. The fourth-order valence-corrected chi connectivity index (χ4v) is 3.68. The molecule has 0 saturated heterocycles. The first-order valence-corrected chi connectivity index (χ1v) is 7.66. The lowest BCUT2D eigenvalue weighted by atomic mass is 9.95. The van der Waals surface area contributed by atoms with Crippen molar-refractivity contribution in [2.75, 3.05) is 11.6 Å². The fourth-order valence-electron chi connectivity index (χ4n) is 2.09. The van der Waals surface area contributed by atoms with Crippen molar-refractivity contribution in [1.82, 2.24) is 4.98 Å². The van der Waals surface area contributed by atoms with Gasteiger partial charge in [-0.3, -0.25) is 0 Å². The Morgan fingerprint density at radius 1 is 1.53 bits per heavy atom. The van der Waals surface area contributed by atoms with Gasteiger partial charge in [0.15, 0.2) is 5.13 Å². The number of aryl methyl sites for hydroxylation is 1. The summed E-state index contributed by atoms with van der Waals surface area (Å²) in [5.74, 6) is 0. The van der Waals surface area contributed by atoms with Gasteiger partial charge in [0.2, 0.25) is 0 Å². The summed E-state index contributed by atoms with van der Waals surface area (Å²) in [5, 5.41) is 7.61. The van der Waals surface area contributed by atoms with Crippen LogP contribution in [0.1, 0.15) is 31.4 Å². The van der Waals surface area contributed by atoms with E-state index in [0.717, 1.165) is 16.1 Å². The van der Waals surface area contributed by atoms with Crippen LogP contribution in [0.5, 0.6) is 0 Å². The highest BCUT2D eigenvalue weighted by molar-refractivity contribution is 7.99. The predicted octanol–water partition coefficient (Wildman–Crippen LogP) is 3.54. The smallest absolute Gasteiger partial charge is 0.183 e. The van der Waals surface area contributed by atoms with Crippen molar-refractivity contribution in [3.63, 3.8) is 0 Å². The second-order valence-corrected chi connectivity index (χ2v) is 6.16. The Morgan fingerprint density at radius 3 is 3.07 bits per heavy atom. The number of thiazole rings is 1. The predicted molar refractivity (Wildman–Crippen MR) is 70.0 cm³/mol. The van der Waals surface area contributed by atoms with E-state index in [1.165, 1.54) is 25.7 Å². The van der Waals surface area contributed by atoms with E-state index >= 15 is 0 Å². The van der Waals surface area contributed by atoms with Crippen LogP contribution in [-0.4, -0.2) is 22.5 Å². The molecule has 2 nitrogen and oxygen atoms in total. The molecule has 1 heterocycles. The normalized spacial score (nSPS) is 26.5. The van der Waals surface area contributed by atoms with Crippen LogP contribution in [0.3, 0.4) is 0 Å². The van der Waals surface area contributed by atoms with Crippen molar-refractivity contribution < 1.29 is 0 Å². The van der Waals surface area contributed by atoms with E-state index in [4.69, 9.17) is 0 Å². The summed E-state index contributed by atoms with van der Waals surface area (Å²) < 4.78 is 0. The van der Waals surface area contributed by atoms with Gasteiger partial charge in [-0.15, -0.1) is 11.3 Å². The molecule has 2 atom stereocenters. The number of rotatable bonds is 3. The van der Waals surface area contributed by atoms with E-state index in [2.05, 4.69) is 21.9 Å². The van der Waals surface area contributed by atoms with E-state index in [0.29, 0.717) is 6.04 Å². The molecule has 1 N–H and O–H groups in total. The second-order valence-electron chi connectivity index (χ2n) is 4.16. The van der Waals surface area contributed by atoms with Gasteiger partial charge in [0, 0.05) is 16.7 Å². The molecule has 0 bridgehead atoms. The highest BCUT2D eigenvalue weighted by Crippen LogP contribution is 2.29. The molecule has 4 heteroatoms. The van der Waals surface area contributed by atoms with Crippen LogP contribution < -0.4 is 5.32 Å². The van der Waals surface area contributed by atoms with E-state index in [1.54, 1.807) is 11.3 Å². The Kier molecular flexibility index (Phi) is 3.92. The van der Waals surface area contributed by atoms with Gasteiger partial charge in [0.05, 0.1) is 5.69 Å². The van der Waals surface area contributed by atoms with Crippen molar-refractivity contribution in [1.29, 1.82) is 0 Å². The Labute approximate surface area is 99.9 Å². The lowest BCUT2D eigenvalue weighted by Crippen LogP contribution is -2.28. The number of hydrogen-bond acceptors (Lipinski definition) is 4. The monoisotopic (exact) mass is 242 g/mol. The van der Waals surface area contributed by atoms with Crippen molar-refractivity contribution in [3.8, 4) is 0 Å². The summed E-state index contributed by atoms with van der Waals surface area (Å²) in [5.41, 5.74) is 1.12. The molecule has 1 aromatic rings. The summed E-state index contributed by atoms with van der Waals surface area (Å²) in [6.45, 7) is 2.05. The van der Waals surface area contributed by atoms with Crippen LogP contribution in [0.4, 0.5) is 5.13 Å². The first-order valence-electron chi connectivity index (χ1n) is 5.49. The number of aromatic nitrogens is 1. The van der Waals surface area contributed by atoms with E-state index < -0.39 is 0 Å². The Hall–Kier alpha value is -0.220. The van der Waals surface area contributed by atoms with Crippen LogP contribution in [-0.2, 0) is 0 Å². The van der Waals surface area contributed by atoms with Gasteiger partial charge in [-0.25, -0.2) is 4.98 Å². The van der Waals surface area contributed by atoms with Gasteiger partial charge in [0.1, 0.15) is 0 Å². The lowest BCUT2D eigenvalue weighted by molar-refractivity contribution is 0.473. The Balaban J connectivity index is 1.88. The highest BCUT2D eigenvalue weighted by Gasteiger charge is 2.21. The van der Waals surface area contributed by atoms with Crippen LogP contribution in [0.25, 0.3) is 0 Å². The quantitative estimate of drug-likeness (QED) is 0.877. The van der Waals surface area contributed by atoms with Gasteiger partial charge in [-0.05, 0) is 32.4 Å². The van der Waals surface area contributed by atoms with E-state index in [1.807, 2.05) is 18.7 Å². The van der Waals surface area contributed by atoms with Crippen LogP contribution in [0.2, 0.25) is 0 Å². The third-order valence-electron chi connectivity index (χ3n) is 2.91. The van der Waals surface area contributed by atoms with Gasteiger partial charge < -0.3 is 5.32 Å². The minimum absolute atomic E-state index is 0.641. The lowest BCUT2D eigenvalue weighted by Gasteiger charge is -2.28. The maximum Gasteiger partial charge on any atom is 0.183 e. The number of anilines is 1. The first-order chi connectivity index (χ1) is 7.28. The van der Waals surface area contributed by atoms with Crippen molar-refractivity contribution in [3.05, 3.63) is 11.1 Å². The molecule has 0 aliphatic heterocycles. The maximum absolute atomic E-state index is 4.46. The van der Waals surface area contributed by atoms with Gasteiger partial charge >= 0.3 is 0 Å². The molecule has 0 radical (unpaired) electrons. The van der Waals surface area contributed by atoms with E-state index in [-0.39, 0.29) is 0 Å². The topological polar surface area (TPSA) is 24.9 Å². The highest BCUT2D eigenvalue weighted by atomic mass is 32.2. The number of hydrogen-bond donors (Lipinski definition) is 1. The summed E-state index contributed by atoms with van der Waals surface area (Å²) in [6.07, 6.45) is 7.56. The molecule has 0 amide bonds. The average molecular weight is 242 g/mol. The zero-order chi connectivity index (χ0) is 10.7. The standard InChI is InChI=1S/C11H18N2S2/c1-8-7-15-11(12-8)13-9-4-3-5-10(6-9)14-2/h7,9-10H,3-6H2,1-2H3,(H,12,13). The zero-order valence-corrected chi connectivity index (χ0v) is 11.0. The van der Waals surface area contributed by atoms with Crippen molar-refractivity contribution in [2.45, 2.75) is 43.9 Å². The van der Waals surface area contributed by atoms with Gasteiger partial charge in [-0.2, -0.15) is 11.8 Å². The minimum Gasteiger partial charge on any atom is -0.359 e.